The minimum Gasteiger partial charge on any atom is -0.493 e. The molecule has 1 fully saturated rings. The van der Waals surface area contributed by atoms with Gasteiger partial charge in [0.15, 0.2) is 0 Å². The molecule has 1 amide bonds. The Morgan fingerprint density at radius 3 is 2.68 bits per heavy atom. The summed E-state index contributed by atoms with van der Waals surface area (Å²) in [6, 6.07) is 10.8. The number of primary amides is 1. The molecule has 1 aliphatic heterocycles. The van der Waals surface area contributed by atoms with E-state index in [1.54, 1.807) is 13.2 Å². The Bertz CT molecular complexity index is 907. The molecule has 168 valence electrons. The smallest absolute Gasteiger partial charge is 0.252 e. The maximum atomic E-state index is 11.7. The number of carbonyl (C=O) groups is 1. The average Bonchev–Trinajstić information content (AvgIpc) is 3.09. The third-order valence-electron chi connectivity index (χ3n) is 5.45. The van der Waals surface area contributed by atoms with E-state index in [0.717, 1.165) is 37.1 Å². The highest BCUT2D eigenvalue weighted by Gasteiger charge is 2.35. The molecule has 6 nitrogen and oxygen atoms in total. The van der Waals surface area contributed by atoms with Crippen molar-refractivity contribution in [2.75, 3.05) is 33.4 Å². The number of likely N-dealkylation sites (tertiary alicyclic amines) is 1. The SMILES string of the molecule is COCc1cc(OCCCN2CCC(O)(Cc3ccc(Cl)cc3)C2)c(C(N)=O)cc1Cl. The Morgan fingerprint density at radius 2 is 2.00 bits per heavy atom. The number of amides is 1. The molecule has 1 atom stereocenters. The van der Waals surface area contributed by atoms with Crippen LogP contribution in [-0.2, 0) is 17.8 Å². The zero-order valence-corrected chi connectivity index (χ0v) is 19.1. The van der Waals surface area contributed by atoms with Gasteiger partial charge in [0, 0.05) is 48.8 Å². The molecule has 2 aromatic rings. The van der Waals surface area contributed by atoms with Crippen LogP contribution in [0.1, 0.15) is 34.3 Å². The summed E-state index contributed by atoms with van der Waals surface area (Å²) < 4.78 is 11.0. The van der Waals surface area contributed by atoms with Gasteiger partial charge in [-0.2, -0.15) is 0 Å². The Kier molecular flexibility index (Phi) is 8.19. The molecule has 3 rings (SSSR count). The van der Waals surface area contributed by atoms with Gasteiger partial charge in [0.05, 0.1) is 24.4 Å². The fourth-order valence-corrected chi connectivity index (χ4v) is 4.25. The summed E-state index contributed by atoms with van der Waals surface area (Å²) >= 11 is 12.1. The number of β-amino-alcohol motifs (C(OH)–C–C–N with tert-alkyl or cyclic N) is 1. The molecule has 0 spiro atoms. The molecule has 0 saturated carbocycles. The van der Waals surface area contributed by atoms with Crippen molar-refractivity contribution < 1.29 is 19.4 Å². The number of halogens is 2. The molecular formula is C23H28Cl2N2O4. The molecule has 3 N–H and O–H groups in total. The van der Waals surface area contributed by atoms with E-state index in [2.05, 4.69) is 4.90 Å². The van der Waals surface area contributed by atoms with Gasteiger partial charge < -0.3 is 25.2 Å². The minimum absolute atomic E-state index is 0.253. The first kappa shape index (κ1) is 23.8. The fourth-order valence-electron chi connectivity index (χ4n) is 3.90. The van der Waals surface area contributed by atoms with Gasteiger partial charge in [-0.15, -0.1) is 0 Å². The summed E-state index contributed by atoms with van der Waals surface area (Å²) in [7, 11) is 1.57. The summed E-state index contributed by atoms with van der Waals surface area (Å²) in [5.74, 6) is -0.183. The second-order valence-electron chi connectivity index (χ2n) is 7.99. The lowest BCUT2D eigenvalue weighted by molar-refractivity contribution is 0.0491. The molecule has 0 aliphatic carbocycles. The summed E-state index contributed by atoms with van der Waals surface area (Å²) in [5, 5.41) is 12.1. The number of nitrogens with two attached hydrogens (primary N) is 1. The van der Waals surface area contributed by atoms with Crippen molar-refractivity contribution in [2.45, 2.75) is 31.5 Å². The van der Waals surface area contributed by atoms with Crippen LogP contribution in [0.15, 0.2) is 36.4 Å². The van der Waals surface area contributed by atoms with E-state index < -0.39 is 11.5 Å². The Balaban J connectivity index is 1.50. The predicted molar refractivity (Wildman–Crippen MR) is 122 cm³/mol. The highest BCUT2D eigenvalue weighted by Crippen LogP contribution is 2.29. The first-order chi connectivity index (χ1) is 14.8. The molecule has 1 aliphatic rings. The number of methoxy groups -OCH3 is 1. The Labute approximate surface area is 192 Å². The van der Waals surface area contributed by atoms with Crippen LogP contribution in [-0.4, -0.2) is 54.9 Å². The van der Waals surface area contributed by atoms with Crippen LogP contribution in [0.3, 0.4) is 0 Å². The van der Waals surface area contributed by atoms with Crippen LogP contribution in [0.5, 0.6) is 5.75 Å². The molecule has 31 heavy (non-hydrogen) atoms. The number of hydrogen-bond donors (Lipinski definition) is 2. The van der Waals surface area contributed by atoms with E-state index in [-0.39, 0.29) is 5.56 Å². The zero-order valence-electron chi connectivity index (χ0n) is 17.6. The number of rotatable bonds is 10. The normalized spacial score (nSPS) is 19.0. The van der Waals surface area contributed by atoms with Gasteiger partial charge in [0.1, 0.15) is 5.75 Å². The second-order valence-corrected chi connectivity index (χ2v) is 8.84. The summed E-state index contributed by atoms with van der Waals surface area (Å²) in [6.07, 6.45) is 2.07. The fraction of sp³-hybridized carbons (Fsp3) is 0.435. The summed E-state index contributed by atoms with van der Waals surface area (Å²) in [5.41, 5.74) is 6.78. The lowest BCUT2D eigenvalue weighted by Gasteiger charge is -2.24. The van der Waals surface area contributed by atoms with E-state index in [1.807, 2.05) is 24.3 Å². The number of ether oxygens (including phenoxy) is 2. The van der Waals surface area contributed by atoms with Gasteiger partial charge in [0.25, 0.3) is 5.91 Å². The molecule has 2 aromatic carbocycles. The number of carbonyl (C=O) groups excluding carboxylic acids is 1. The number of nitrogens with zero attached hydrogens (tertiary/aromatic N) is 1. The highest BCUT2D eigenvalue weighted by molar-refractivity contribution is 6.32. The predicted octanol–water partition coefficient (Wildman–Crippen LogP) is 3.69. The van der Waals surface area contributed by atoms with Crippen LogP contribution in [0, 0.1) is 0 Å². The van der Waals surface area contributed by atoms with Gasteiger partial charge in [-0.3, -0.25) is 4.79 Å². The van der Waals surface area contributed by atoms with Crippen LogP contribution in [0.4, 0.5) is 0 Å². The van der Waals surface area contributed by atoms with Crippen molar-refractivity contribution in [3.05, 3.63) is 63.1 Å². The monoisotopic (exact) mass is 466 g/mol. The number of aliphatic hydroxyl groups is 1. The van der Waals surface area contributed by atoms with E-state index in [9.17, 15) is 9.90 Å². The Hall–Kier alpha value is -1.83. The molecule has 0 aromatic heterocycles. The molecular weight excluding hydrogens is 439 g/mol. The number of hydrogen-bond acceptors (Lipinski definition) is 5. The van der Waals surface area contributed by atoms with Crippen molar-refractivity contribution in [3.63, 3.8) is 0 Å². The van der Waals surface area contributed by atoms with Crippen molar-refractivity contribution in [1.82, 2.24) is 4.90 Å². The maximum absolute atomic E-state index is 11.7. The quantitative estimate of drug-likeness (QED) is 0.521. The third-order valence-corrected chi connectivity index (χ3v) is 6.05. The second kappa shape index (κ2) is 10.7. The van der Waals surface area contributed by atoms with Crippen LogP contribution < -0.4 is 10.5 Å². The van der Waals surface area contributed by atoms with Crippen molar-refractivity contribution in [1.29, 1.82) is 0 Å². The van der Waals surface area contributed by atoms with Gasteiger partial charge in [-0.05, 0) is 42.7 Å². The molecule has 1 heterocycles. The lowest BCUT2D eigenvalue weighted by atomic mass is 9.94. The van der Waals surface area contributed by atoms with E-state index >= 15 is 0 Å². The zero-order chi connectivity index (χ0) is 22.4. The molecule has 0 radical (unpaired) electrons. The topological polar surface area (TPSA) is 85.0 Å². The molecule has 8 heteroatoms. The highest BCUT2D eigenvalue weighted by atomic mass is 35.5. The van der Waals surface area contributed by atoms with Gasteiger partial charge >= 0.3 is 0 Å². The van der Waals surface area contributed by atoms with E-state index in [1.165, 1.54) is 6.07 Å². The number of benzene rings is 2. The summed E-state index contributed by atoms with van der Waals surface area (Å²) in [4.78, 5) is 14.0. The molecule has 0 bridgehead atoms. The lowest BCUT2D eigenvalue weighted by Crippen LogP contribution is -2.35. The van der Waals surface area contributed by atoms with Crippen LogP contribution in [0.25, 0.3) is 0 Å². The van der Waals surface area contributed by atoms with Gasteiger partial charge in [0.2, 0.25) is 0 Å². The molecule has 1 saturated heterocycles. The minimum atomic E-state index is -0.737. The van der Waals surface area contributed by atoms with Crippen LogP contribution >= 0.6 is 23.2 Å². The van der Waals surface area contributed by atoms with Gasteiger partial charge in [-0.1, -0.05) is 35.3 Å². The first-order valence-electron chi connectivity index (χ1n) is 10.2. The van der Waals surface area contributed by atoms with E-state index in [0.29, 0.717) is 42.0 Å². The first-order valence-corrected chi connectivity index (χ1v) is 11.0. The maximum Gasteiger partial charge on any atom is 0.252 e. The van der Waals surface area contributed by atoms with Gasteiger partial charge in [-0.25, -0.2) is 0 Å². The van der Waals surface area contributed by atoms with Crippen molar-refractivity contribution in [2.24, 2.45) is 5.73 Å². The Morgan fingerprint density at radius 1 is 1.26 bits per heavy atom. The third kappa shape index (κ3) is 6.57. The standard InChI is InChI=1S/C23H28Cl2N2O4/c1-30-14-17-11-21(19(22(26)28)12-20(17)25)31-10-2-8-27-9-7-23(29,15-27)13-16-3-5-18(24)6-4-16/h3-6,11-12,29H,2,7-10,13-15H2,1H3,(H2,26,28). The van der Waals surface area contributed by atoms with E-state index in [4.69, 9.17) is 38.4 Å². The van der Waals surface area contributed by atoms with Crippen molar-refractivity contribution >= 4 is 29.1 Å². The molecule has 1 unspecified atom stereocenters. The average molecular weight is 467 g/mol. The largest absolute Gasteiger partial charge is 0.493 e. The van der Waals surface area contributed by atoms with Crippen LogP contribution in [0.2, 0.25) is 10.0 Å². The summed E-state index contributed by atoms with van der Waals surface area (Å²) in [6.45, 7) is 2.96. The van der Waals surface area contributed by atoms with Crippen molar-refractivity contribution in [3.8, 4) is 5.75 Å².